The highest BCUT2D eigenvalue weighted by Crippen LogP contribution is 2.40. The molecule has 1 aromatic rings. The van der Waals surface area contributed by atoms with Gasteiger partial charge in [-0.2, -0.15) is 0 Å². The molecule has 0 radical (unpaired) electrons. The summed E-state index contributed by atoms with van der Waals surface area (Å²) in [6.45, 7) is 10.1. The summed E-state index contributed by atoms with van der Waals surface area (Å²) in [5, 5.41) is 3.54. The minimum atomic E-state index is 0.179. The summed E-state index contributed by atoms with van der Waals surface area (Å²) in [4.78, 5) is 2.41. The lowest BCUT2D eigenvalue weighted by Crippen LogP contribution is -2.50. The second kappa shape index (κ2) is 3.69. The van der Waals surface area contributed by atoms with Crippen LogP contribution in [0, 0.1) is 0 Å². The first-order valence-electron chi connectivity index (χ1n) is 6.04. The van der Waals surface area contributed by atoms with Crippen molar-refractivity contribution >= 4 is 11.4 Å². The molecular formula is C14H22N2. The van der Waals surface area contributed by atoms with Crippen molar-refractivity contribution in [1.29, 1.82) is 0 Å². The zero-order valence-corrected chi connectivity index (χ0v) is 11.0. The molecule has 1 aromatic carbocycles. The van der Waals surface area contributed by atoms with Gasteiger partial charge in [-0.1, -0.05) is 26.0 Å². The average molecular weight is 218 g/mol. The minimum Gasteiger partial charge on any atom is -0.381 e. The molecular weight excluding hydrogens is 196 g/mol. The summed E-state index contributed by atoms with van der Waals surface area (Å²) in [5.41, 5.74) is 4.25. The molecule has 2 heteroatoms. The lowest BCUT2D eigenvalue weighted by molar-refractivity contribution is 0.500. The fourth-order valence-electron chi connectivity index (χ4n) is 2.28. The highest BCUT2D eigenvalue weighted by Gasteiger charge is 2.31. The zero-order chi connectivity index (χ0) is 11.9. The van der Waals surface area contributed by atoms with E-state index in [9.17, 15) is 0 Å². The maximum absolute atomic E-state index is 3.54. The van der Waals surface area contributed by atoms with E-state index in [0.717, 1.165) is 6.54 Å². The summed E-state index contributed by atoms with van der Waals surface area (Å²) >= 11 is 0. The molecule has 1 aliphatic rings. The van der Waals surface area contributed by atoms with Gasteiger partial charge in [0.25, 0.3) is 0 Å². The van der Waals surface area contributed by atoms with Crippen LogP contribution in [0.2, 0.25) is 0 Å². The van der Waals surface area contributed by atoms with Gasteiger partial charge >= 0.3 is 0 Å². The van der Waals surface area contributed by atoms with Gasteiger partial charge in [-0.05, 0) is 31.4 Å². The summed E-state index contributed by atoms with van der Waals surface area (Å²) in [7, 11) is 2.20. The molecule has 0 spiro atoms. The van der Waals surface area contributed by atoms with Gasteiger partial charge in [0.05, 0.1) is 16.9 Å². The largest absolute Gasteiger partial charge is 0.381 e. The number of rotatable bonds is 1. The monoisotopic (exact) mass is 218 g/mol. The van der Waals surface area contributed by atoms with Crippen LogP contribution in [0.15, 0.2) is 18.2 Å². The maximum Gasteiger partial charge on any atom is 0.0639 e. The van der Waals surface area contributed by atoms with E-state index in [2.05, 4.69) is 63.2 Å². The van der Waals surface area contributed by atoms with Gasteiger partial charge < -0.3 is 10.2 Å². The second-order valence-electron chi connectivity index (χ2n) is 5.62. The topological polar surface area (TPSA) is 15.3 Å². The number of nitrogens with zero attached hydrogens (tertiary/aromatic N) is 1. The predicted octanol–water partition coefficient (Wildman–Crippen LogP) is 3.45. The number of anilines is 2. The van der Waals surface area contributed by atoms with Crippen molar-refractivity contribution in [3.63, 3.8) is 0 Å². The normalized spacial score (nSPS) is 18.2. The molecule has 0 aliphatic carbocycles. The number of hydrogen-bond acceptors (Lipinski definition) is 2. The molecule has 0 fully saturated rings. The van der Waals surface area contributed by atoms with Crippen molar-refractivity contribution in [2.75, 3.05) is 23.8 Å². The summed E-state index contributed by atoms with van der Waals surface area (Å²) in [6, 6.07) is 6.56. The third-order valence-corrected chi connectivity index (χ3v) is 3.64. The Kier molecular flexibility index (Phi) is 2.61. The molecule has 16 heavy (non-hydrogen) atoms. The Morgan fingerprint density at radius 1 is 1.31 bits per heavy atom. The first-order chi connectivity index (χ1) is 7.43. The summed E-state index contributed by atoms with van der Waals surface area (Å²) in [5.74, 6) is 0.563. The number of benzene rings is 1. The molecule has 1 heterocycles. The molecule has 2 nitrogen and oxygen atoms in total. The van der Waals surface area contributed by atoms with Gasteiger partial charge in [-0.15, -0.1) is 0 Å². The Balaban J connectivity index is 2.56. The molecule has 1 aliphatic heterocycles. The van der Waals surface area contributed by atoms with Gasteiger partial charge in [-0.3, -0.25) is 0 Å². The molecule has 0 atom stereocenters. The maximum atomic E-state index is 3.54. The fraction of sp³-hybridized carbons (Fsp3) is 0.571. The zero-order valence-electron chi connectivity index (χ0n) is 11.0. The second-order valence-corrected chi connectivity index (χ2v) is 5.62. The van der Waals surface area contributed by atoms with E-state index < -0.39 is 0 Å². The highest BCUT2D eigenvalue weighted by molar-refractivity contribution is 5.77. The Labute approximate surface area is 98.7 Å². The third kappa shape index (κ3) is 1.66. The van der Waals surface area contributed by atoms with Gasteiger partial charge in [0.1, 0.15) is 0 Å². The Hall–Kier alpha value is -1.18. The van der Waals surface area contributed by atoms with E-state index in [1.807, 2.05) is 0 Å². The van der Waals surface area contributed by atoms with Crippen LogP contribution in [0.5, 0.6) is 0 Å². The van der Waals surface area contributed by atoms with Gasteiger partial charge in [0.15, 0.2) is 0 Å². The number of hydrogen-bond donors (Lipinski definition) is 1. The molecule has 0 aromatic heterocycles. The fourth-order valence-corrected chi connectivity index (χ4v) is 2.28. The standard InChI is InChI=1S/C14H22N2/c1-10(2)11-7-6-8-12-13(11)16(5)14(3,4)9-15-12/h6-8,10,15H,9H2,1-5H3. The number of nitrogens with one attached hydrogen (secondary N) is 1. The smallest absolute Gasteiger partial charge is 0.0639 e. The van der Waals surface area contributed by atoms with Crippen LogP contribution in [0.3, 0.4) is 0 Å². The van der Waals surface area contributed by atoms with Crippen LogP contribution in [-0.2, 0) is 0 Å². The lowest BCUT2D eigenvalue weighted by Gasteiger charge is -2.44. The molecule has 0 bridgehead atoms. The van der Waals surface area contributed by atoms with Crippen molar-refractivity contribution in [3.8, 4) is 0 Å². The number of para-hydroxylation sites is 1. The van der Waals surface area contributed by atoms with E-state index >= 15 is 0 Å². The molecule has 0 saturated carbocycles. The Morgan fingerprint density at radius 3 is 2.62 bits per heavy atom. The number of fused-ring (bicyclic) bond motifs is 1. The van der Waals surface area contributed by atoms with Crippen molar-refractivity contribution in [3.05, 3.63) is 23.8 Å². The molecule has 0 saturated heterocycles. The minimum absolute atomic E-state index is 0.179. The first-order valence-corrected chi connectivity index (χ1v) is 6.04. The van der Waals surface area contributed by atoms with E-state index in [1.165, 1.54) is 16.9 Å². The van der Waals surface area contributed by atoms with E-state index in [0.29, 0.717) is 5.92 Å². The predicted molar refractivity (Wildman–Crippen MR) is 71.5 cm³/mol. The molecule has 1 N–H and O–H groups in total. The van der Waals surface area contributed by atoms with Gasteiger partial charge in [0, 0.05) is 13.6 Å². The van der Waals surface area contributed by atoms with Crippen molar-refractivity contribution in [2.45, 2.75) is 39.2 Å². The van der Waals surface area contributed by atoms with Crippen molar-refractivity contribution in [1.82, 2.24) is 0 Å². The van der Waals surface area contributed by atoms with Gasteiger partial charge in [0.2, 0.25) is 0 Å². The van der Waals surface area contributed by atoms with Crippen molar-refractivity contribution < 1.29 is 0 Å². The molecule has 88 valence electrons. The Bertz CT molecular complexity index is 394. The molecule has 0 unspecified atom stereocenters. The SMILES string of the molecule is CC(C)c1cccc2c1N(C)C(C)(C)CN2. The van der Waals surface area contributed by atoms with Gasteiger partial charge in [-0.25, -0.2) is 0 Å². The van der Waals surface area contributed by atoms with Crippen LogP contribution in [-0.4, -0.2) is 19.1 Å². The molecule has 0 amide bonds. The third-order valence-electron chi connectivity index (χ3n) is 3.64. The van der Waals surface area contributed by atoms with Crippen LogP contribution in [0.1, 0.15) is 39.2 Å². The lowest BCUT2D eigenvalue weighted by atomic mass is 9.92. The molecule has 2 rings (SSSR count). The van der Waals surface area contributed by atoms with Crippen LogP contribution in [0.4, 0.5) is 11.4 Å². The number of likely N-dealkylation sites (N-methyl/N-ethyl adjacent to an activating group) is 1. The summed E-state index contributed by atoms with van der Waals surface area (Å²) < 4.78 is 0. The first kappa shape index (κ1) is 11.3. The van der Waals surface area contributed by atoms with Crippen LogP contribution < -0.4 is 10.2 Å². The highest BCUT2D eigenvalue weighted by atomic mass is 15.2. The van der Waals surface area contributed by atoms with E-state index in [1.54, 1.807) is 0 Å². The van der Waals surface area contributed by atoms with Crippen LogP contribution in [0.25, 0.3) is 0 Å². The summed E-state index contributed by atoms with van der Waals surface area (Å²) in [6.07, 6.45) is 0. The van der Waals surface area contributed by atoms with E-state index in [-0.39, 0.29) is 5.54 Å². The average Bonchev–Trinajstić information content (AvgIpc) is 2.23. The van der Waals surface area contributed by atoms with Crippen molar-refractivity contribution in [2.24, 2.45) is 0 Å². The Morgan fingerprint density at radius 2 is 2.00 bits per heavy atom. The van der Waals surface area contributed by atoms with Crippen LogP contribution >= 0.6 is 0 Å². The van der Waals surface area contributed by atoms with E-state index in [4.69, 9.17) is 0 Å². The quantitative estimate of drug-likeness (QED) is 0.776.